The molecule has 1 amide bonds. The van der Waals surface area contributed by atoms with Crippen molar-refractivity contribution in [3.05, 3.63) is 35.7 Å². The molecule has 2 aromatic heterocycles. The highest BCUT2D eigenvalue weighted by molar-refractivity contribution is 5.99. The van der Waals surface area contributed by atoms with Crippen molar-refractivity contribution >= 4 is 11.6 Å². The van der Waals surface area contributed by atoms with Gasteiger partial charge >= 0.3 is 0 Å². The molecular formula is C12H15N5O2. The van der Waals surface area contributed by atoms with Crippen LogP contribution in [0.5, 0.6) is 0 Å². The van der Waals surface area contributed by atoms with Crippen LogP contribution in [0.2, 0.25) is 0 Å². The Kier molecular flexibility index (Phi) is 4.07. The number of aryl methyl sites for hydroxylation is 1. The second kappa shape index (κ2) is 5.94. The number of aromatic nitrogens is 3. The highest BCUT2D eigenvalue weighted by atomic mass is 16.5. The van der Waals surface area contributed by atoms with E-state index >= 15 is 0 Å². The van der Waals surface area contributed by atoms with Crippen LogP contribution >= 0.6 is 0 Å². The average Bonchev–Trinajstić information content (AvgIpc) is 2.83. The van der Waals surface area contributed by atoms with Crippen molar-refractivity contribution in [3.63, 3.8) is 0 Å². The molecule has 0 atom stereocenters. The first kappa shape index (κ1) is 13.0. The standard InChI is InChI=1S/C12H15N5O2/c1-3-14-10-4-5-13-6-9(10)12(18)15-7-11-16-8(2)17-19-11/h4-6H,3,7H2,1-2H3,(H,13,14)(H,15,18). The van der Waals surface area contributed by atoms with Gasteiger partial charge in [-0.2, -0.15) is 4.98 Å². The largest absolute Gasteiger partial charge is 0.385 e. The first-order chi connectivity index (χ1) is 9.20. The molecule has 2 heterocycles. The second-order valence-corrected chi connectivity index (χ2v) is 3.87. The highest BCUT2D eigenvalue weighted by Crippen LogP contribution is 2.13. The summed E-state index contributed by atoms with van der Waals surface area (Å²) in [7, 11) is 0. The zero-order valence-corrected chi connectivity index (χ0v) is 10.8. The summed E-state index contributed by atoms with van der Waals surface area (Å²) >= 11 is 0. The first-order valence-corrected chi connectivity index (χ1v) is 5.96. The SMILES string of the molecule is CCNc1ccncc1C(=O)NCc1nc(C)no1. The lowest BCUT2D eigenvalue weighted by atomic mass is 10.2. The molecule has 0 saturated carbocycles. The van der Waals surface area contributed by atoms with E-state index in [4.69, 9.17) is 4.52 Å². The fourth-order valence-electron chi connectivity index (χ4n) is 1.58. The number of carbonyl (C=O) groups is 1. The van der Waals surface area contributed by atoms with Crippen molar-refractivity contribution in [2.24, 2.45) is 0 Å². The van der Waals surface area contributed by atoms with Gasteiger partial charge in [-0.15, -0.1) is 0 Å². The molecule has 0 fully saturated rings. The van der Waals surface area contributed by atoms with Crippen LogP contribution in [-0.2, 0) is 6.54 Å². The third-order valence-electron chi connectivity index (χ3n) is 2.40. The molecule has 2 rings (SSSR count). The number of carbonyl (C=O) groups excluding carboxylic acids is 1. The van der Waals surface area contributed by atoms with Gasteiger partial charge in [0.15, 0.2) is 5.82 Å². The Morgan fingerprint density at radius 1 is 1.47 bits per heavy atom. The monoisotopic (exact) mass is 261 g/mol. The Morgan fingerprint density at radius 2 is 2.32 bits per heavy atom. The molecule has 0 aliphatic carbocycles. The molecule has 0 aliphatic heterocycles. The molecular weight excluding hydrogens is 246 g/mol. The minimum atomic E-state index is -0.236. The number of nitrogens with one attached hydrogen (secondary N) is 2. The normalized spacial score (nSPS) is 10.2. The van der Waals surface area contributed by atoms with Gasteiger partial charge in [-0.25, -0.2) is 0 Å². The fourth-order valence-corrected chi connectivity index (χ4v) is 1.58. The van der Waals surface area contributed by atoms with Crippen LogP contribution in [0.3, 0.4) is 0 Å². The molecule has 0 unspecified atom stereocenters. The van der Waals surface area contributed by atoms with Crippen molar-refractivity contribution in [2.45, 2.75) is 20.4 Å². The quantitative estimate of drug-likeness (QED) is 0.838. The van der Waals surface area contributed by atoms with Gasteiger partial charge in [0.2, 0.25) is 5.89 Å². The van der Waals surface area contributed by atoms with Gasteiger partial charge in [0.05, 0.1) is 17.8 Å². The van der Waals surface area contributed by atoms with Crippen LogP contribution < -0.4 is 10.6 Å². The molecule has 0 aromatic carbocycles. The molecule has 0 spiro atoms. The van der Waals surface area contributed by atoms with E-state index in [0.29, 0.717) is 17.3 Å². The zero-order valence-electron chi connectivity index (χ0n) is 10.8. The predicted molar refractivity (Wildman–Crippen MR) is 68.6 cm³/mol. The number of nitrogens with zero attached hydrogens (tertiary/aromatic N) is 3. The van der Waals surface area contributed by atoms with E-state index in [0.717, 1.165) is 12.2 Å². The maximum absolute atomic E-state index is 12.0. The zero-order chi connectivity index (χ0) is 13.7. The lowest BCUT2D eigenvalue weighted by molar-refractivity contribution is 0.0946. The predicted octanol–water partition coefficient (Wildman–Crippen LogP) is 1.13. The topological polar surface area (TPSA) is 92.9 Å². The summed E-state index contributed by atoms with van der Waals surface area (Å²) in [4.78, 5) is 20.0. The van der Waals surface area contributed by atoms with Crippen LogP contribution in [0.1, 0.15) is 29.0 Å². The average molecular weight is 261 g/mol. The van der Waals surface area contributed by atoms with E-state index in [1.807, 2.05) is 6.92 Å². The lowest BCUT2D eigenvalue weighted by Gasteiger charge is -2.09. The summed E-state index contributed by atoms with van der Waals surface area (Å²) in [5.74, 6) is 0.679. The number of pyridine rings is 1. The van der Waals surface area contributed by atoms with Crippen molar-refractivity contribution in [2.75, 3.05) is 11.9 Å². The van der Waals surface area contributed by atoms with Crippen LogP contribution in [0, 0.1) is 6.92 Å². The van der Waals surface area contributed by atoms with Gasteiger partial charge in [0.25, 0.3) is 5.91 Å². The molecule has 0 saturated heterocycles. The number of amides is 1. The lowest BCUT2D eigenvalue weighted by Crippen LogP contribution is -2.24. The summed E-state index contributed by atoms with van der Waals surface area (Å²) in [6, 6.07) is 1.76. The maximum Gasteiger partial charge on any atom is 0.255 e. The van der Waals surface area contributed by atoms with E-state index in [1.54, 1.807) is 19.2 Å². The molecule has 0 aliphatic rings. The minimum absolute atomic E-state index is 0.195. The van der Waals surface area contributed by atoms with Gasteiger partial charge < -0.3 is 15.2 Å². The van der Waals surface area contributed by atoms with Crippen LogP contribution in [0.15, 0.2) is 23.0 Å². The van der Waals surface area contributed by atoms with Crippen molar-refractivity contribution < 1.29 is 9.32 Å². The van der Waals surface area contributed by atoms with Gasteiger partial charge in [0.1, 0.15) is 0 Å². The second-order valence-electron chi connectivity index (χ2n) is 3.87. The molecule has 7 nitrogen and oxygen atoms in total. The molecule has 0 bridgehead atoms. The Hall–Kier alpha value is -2.44. The summed E-state index contributed by atoms with van der Waals surface area (Å²) in [5.41, 5.74) is 1.23. The maximum atomic E-state index is 12.0. The van der Waals surface area contributed by atoms with E-state index < -0.39 is 0 Å². The number of anilines is 1. The van der Waals surface area contributed by atoms with E-state index in [-0.39, 0.29) is 12.5 Å². The molecule has 7 heteroatoms. The third-order valence-corrected chi connectivity index (χ3v) is 2.40. The number of hydrogen-bond donors (Lipinski definition) is 2. The van der Waals surface area contributed by atoms with Gasteiger partial charge in [0, 0.05) is 18.9 Å². The fraction of sp³-hybridized carbons (Fsp3) is 0.333. The molecule has 2 aromatic rings. The van der Waals surface area contributed by atoms with Gasteiger partial charge in [-0.3, -0.25) is 9.78 Å². The molecule has 0 radical (unpaired) electrons. The summed E-state index contributed by atoms with van der Waals surface area (Å²) in [6.45, 7) is 4.61. The Morgan fingerprint density at radius 3 is 3.00 bits per heavy atom. The molecule has 2 N–H and O–H groups in total. The number of rotatable bonds is 5. The summed E-state index contributed by atoms with van der Waals surface area (Å²) in [5, 5.41) is 9.47. The van der Waals surface area contributed by atoms with Gasteiger partial charge in [-0.1, -0.05) is 5.16 Å². The summed E-state index contributed by atoms with van der Waals surface area (Å²) < 4.78 is 4.92. The van der Waals surface area contributed by atoms with Crippen LogP contribution in [0.4, 0.5) is 5.69 Å². The number of hydrogen-bond acceptors (Lipinski definition) is 6. The van der Waals surface area contributed by atoms with Crippen molar-refractivity contribution in [3.8, 4) is 0 Å². The Labute approximate surface area is 110 Å². The Bertz CT molecular complexity index is 567. The minimum Gasteiger partial charge on any atom is -0.385 e. The van der Waals surface area contributed by atoms with Crippen molar-refractivity contribution in [1.82, 2.24) is 20.4 Å². The van der Waals surface area contributed by atoms with E-state index in [2.05, 4.69) is 25.8 Å². The molecule has 19 heavy (non-hydrogen) atoms. The third kappa shape index (κ3) is 3.27. The van der Waals surface area contributed by atoms with Crippen LogP contribution in [-0.4, -0.2) is 27.6 Å². The van der Waals surface area contributed by atoms with Crippen LogP contribution in [0.25, 0.3) is 0 Å². The highest BCUT2D eigenvalue weighted by Gasteiger charge is 2.12. The Balaban J connectivity index is 2.03. The van der Waals surface area contributed by atoms with E-state index in [9.17, 15) is 4.79 Å². The molecule has 100 valence electrons. The van der Waals surface area contributed by atoms with Crippen molar-refractivity contribution in [1.29, 1.82) is 0 Å². The van der Waals surface area contributed by atoms with E-state index in [1.165, 1.54) is 6.20 Å². The summed E-state index contributed by atoms with van der Waals surface area (Å²) in [6.07, 6.45) is 3.16. The smallest absolute Gasteiger partial charge is 0.255 e. The first-order valence-electron chi connectivity index (χ1n) is 5.96. The van der Waals surface area contributed by atoms with Gasteiger partial charge in [-0.05, 0) is 19.9 Å².